The molecule has 0 aliphatic heterocycles. The number of nitrogens with zero attached hydrogens (tertiary/aromatic N) is 1. The van der Waals surface area contributed by atoms with Crippen molar-refractivity contribution in [3.05, 3.63) is 40.6 Å². The summed E-state index contributed by atoms with van der Waals surface area (Å²) in [5, 5.41) is 18.6. The van der Waals surface area contributed by atoms with Crippen LogP contribution in [-0.2, 0) is 0 Å². The molecule has 0 aliphatic rings. The van der Waals surface area contributed by atoms with E-state index in [1.165, 1.54) is 6.07 Å². The van der Waals surface area contributed by atoms with Gasteiger partial charge >= 0.3 is 11.9 Å². The number of hydrogen-bond donors (Lipinski definition) is 2. The second-order valence-corrected chi connectivity index (χ2v) is 4.07. The standard InChI is InChI=1S/C13H11NO4/c1-6-3-4-8-5-9(12(15)16)11(13(17)18)14-10(8)7(6)2/h3-5H,1-2H3,(H,15,16)(H,17,18). The molecular weight excluding hydrogens is 234 g/mol. The highest BCUT2D eigenvalue weighted by atomic mass is 16.4. The molecule has 5 nitrogen and oxygen atoms in total. The van der Waals surface area contributed by atoms with E-state index in [0.29, 0.717) is 10.9 Å². The molecule has 0 unspecified atom stereocenters. The Kier molecular flexibility index (Phi) is 2.74. The van der Waals surface area contributed by atoms with E-state index >= 15 is 0 Å². The van der Waals surface area contributed by atoms with E-state index in [9.17, 15) is 9.59 Å². The van der Waals surface area contributed by atoms with Crippen molar-refractivity contribution in [1.82, 2.24) is 4.98 Å². The molecule has 0 atom stereocenters. The Bertz CT molecular complexity index is 676. The lowest BCUT2D eigenvalue weighted by Crippen LogP contribution is -2.11. The van der Waals surface area contributed by atoms with E-state index in [-0.39, 0.29) is 5.56 Å². The summed E-state index contributed by atoms with van der Waals surface area (Å²) < 4.78 is 0. The van der Waals surface area contributed by atoms with Gasteiger partial charge in [-0.25, -0.2) is 14.6 Å². The van der Waals surface area contributed by atoms with Gasteiger partial charge in [0.1, 0.15) is 0 Å². The van der Waals surface area contributed by atoms with E-state index in [1.807, 2.05) is 19.9 Å². The molecule has 5 heteroatoms. The van der Waals surface area contributed by atoms with Gasteiger partial charge in [-0.3, -0.25) is 0 Å². The molecular formula is C13H11NO4. The van der Waals surface area contributed by atoms with Crippen LogP contribution in [0.25, 0.3) is 10.9 Å². The Hall–Kier alpha value is -2.43. The third-order valence-electron chi connectivity index (χ3n) is 2.94. The molecule has 2 rings (SSSR count). The number of aromatic nitrogens is 1. The lowest BCUT2D eigenvalue weighted by molar-refractivity contribution is 0.0647. The summed E-state index contributed by atoms with van der Waals surface area (Å²) in [5.74, 6) is -2.63. The first kappa shape index (κ1) is 12.0. The van der Waals surface area contributed by atoms with Crippen molar-refractivity contribution in [2.75, 3.05) is 0 Å². The molecule has 0 spiro atoms. The molecule has 0 bridgehead atoms. The van der Waals surface area contributed by atoms with Gasteiger partial charge in [-0.15, -0.1) is 0 Å². The Balaban J connectivity index is 2.89. The van der Waals surface area contributed by atoms with Crippen molar-refractivity contribution < 1.29 is 19.8 Å². The number of carboxylic acids is 2. The van der Waals surface area contributed by atoms with Gasteiger partial charge in [-0.2, -0.15) is 0 Å². The lowest BCUT2D eigenvalue weighted by atomic mass is 10.0. The van der Waals surface area contributed by atoms with Crippen LogP contribution in [0, 0.1) is 13.8 Å². The van der Waals surface area contributed by atoms with Crippen LogP contribution in [0.15, 0.2) is 18.2 Å². The molecule has 0 saturated heterocycles. The molecule has 0 radical (unpaired) electrons. The smallest absolute Gasteiger partial charge is 0.355 e. The highest BCUT2D eigenvalue weighted by molar-refractivity contribution is 6.03. The van der Waals surface area contributed by atoms with Crippen molar-refractivity contribution in [1.29, 1.82) is 0 Å². The second kappa shape index (κ2) is 4.10. The van der Waals surface area contributed by atoms with Crippen LogP contribution in [0.3, 0.4) is 0 Å². The van der Waals surface area contributed by atoms with E-state index in [0.717, 1.165) is 11.1 Å². The van der Waals surface area contributed by atoms with Crippen LogP contribution in [-0.4, -0.2) is 27.1 Å². The number of hydrogen-bond acceptors (Lipinski definition) is 3. The summed E-state index contributed by atoms with van der Waals surface area (Å²) in [4.78, 5) is 26.0. The molecule has 1 aromatic heterocycles. The number of pyridine rings is 1. The topological polar surface area (TPSA) is 87.5 Å². The van der Waals surface area contributed by atoms with E-state index in [4.69, 9.17) is 10.2 Å². The summed E-state index contributed by atoms with van der Waals surface area (Å²) in [6.45, 7) is 3.72. The van der Waals surface area contributed by atoms with Gasteiger partial charge in [-0.1, -0.05) is 12.1 Å². The summed E-state index contributed by atoms with van der Waals surface area (Å²) >= 11 is 0. The molecule has 1 aromatic carbocycles. The monoisotopic (exact) mass is 245 g/mol. The zero-order chi connectivity index (χ0) is 13.4. The number of aromatic carboxylic acids is 2. The number of fused-ring (bicyclic) bond motifs is 1. The Labute approximate surface area is 103 Å². The first-order chi connectivity index (χ1) is 8.41. The molecule has 92 valence electrons. The quantitative estimate of drug-likeness (QED) is 0.847. The maximum atomic E-state index is 11.0. The van der Waals surface area contributed by atoms with Gasteiger partial charge < -0.3 is 10.2 Å². The van der Waals surface area contributed by atoms with Gasteiger partial charge in [0.25, 0.3) is 0 Å². The van der Waals surface area contributed by atoms with Gasteiger partial charge in [0.05, 0.1) is 11.1 Å². The minimum atomic E-state index is -1.34. The fourth-order valence-electron chi connectivity index (χ4n) is 1.81. The van der Waals surface area contributed by atoms with Crippen molar-refractivity contribution >= 4 is 22.8 Å². The van der Waals surface area contributed by atoms with Crippen molar-refractivity contribution in [3.63, 3.8) is 0 Å². The molecule has 0 fully saturated rings. The first-order valence-corrected chi connectivity index (χ1v) is 5.29. The molecule has 1 heterocycles. The third kappa shape index (κ3) is 1.79. The van der Waals surface area contributed by atoms with E-state index in [1.54, 1.807) is 6.07 Å². The van der Waals surface area contributed by atoms with Gasteiger partial charge in [0, 0.05) is 5.39 Å². The number of carbonyl (C=O) groups is 2. The molecule has 18 heavy (non-hydrogen) atoms. The number of rotatable bonds is 2. The zero-order valence-electron chi connectivity index (χ0n) is 9.89. The normalized spacial score (nSPS) is 10.6. The SMILES string of the molecule is Cc1ccc2cc(C(=O)O)c(C(=O)O)nc2c1C. The van der Waals surface area contributed by atoms with E-state index in [2.05, 4.69) is 4.98 Å². The highest BCUT2D eigenvalue weighted by Crippen LogP contribution is 2.22. The van der Waals surface area contributed by atoms with Crippen LogP contribution < -0.4 is 0 Å². The van der Waals surface area contributed by atoms with Gasteiger partial charge in [0.2, 0.25) is 0 Å². The van der Waals surface area contributed by atoms with Crippen LogP contribution in [0.2, 0.25) is 0 Å². The zero-order valence-corrected chi connectivity index (χ0v) is 9.89. The average Bonchev–Trinajstić information content (AvgIpc) is 2.32. The van der Waals surface area contributed by atoms with Gasteiger partial charge in [0.15, 0.2) is 5.69 Å². The lowest BCUT2D eigenvalue weighted by Gasteiger charge is -2.08. The summed E-state index contributed by atoms with van der Waals surface area (Å²) in [5.41, 5.74) is 1.64. The molecule has 2 aromatic rings. The third-order valence-corrected chi connectivity index (χ3v) is 2.94. The minimum Gasteiger partial charge on any atom is -0.478 e. The van der Waals surface area contributed by atoms with E-state index < -0.39 is 17.6 Å². The largest absolute Gasteiger partial charge is 0.478 e. The predicted octanol–water partition coefficient (Wildman–Crippen LogP) is 2.25. The van der Waals surface area contributed by atoms with Crippen LogP contribution in [0.5, 0.6) is 0 Å². The molecule has 2 N–H and O–H groups in total. The van der Waals surface area contributed by atoms with Crippen LogP contribution >= 0.6 is 0 Å². The molecule has 0 saturated carbocycles. The highest BCUT2D eigenvalue weighted by Gasteiger charge is 2.19. The first-order valence-electron chi connectivity index (χ1n) is 5.29. The fourth-order valence-corrected chi connectivity index (χ4v) is 1.81. The summed E-state index contributed by atoms with van der Waals surface area (Å²) in [7, 11) is 0. The average molecular weight is 245 g/mol. The molecule has 0 aliphatic carbocycles. The Morgan fingerprint density at radius 2 is 1.78 bits per heavy atom. The number of aryl methyl sites for hydroxylation is 2. The minimum absolute atomic E-state index is 0.293. The second-order valence-electron chi connectivity index (χ2n) is 4.07. The van der Waals surface area contributed by atoms with Crippen LogP contribution in [0.4, 0.5) is 0 Å². The number of benzene rings is 1. The summed E-state index contributed by atoms with van der Waals surface area (Å²) in [6.07, 6.45) is 0. The number of carboxylic acid groups (broad SMARTS) is 2. The van der Waals surface area contributed by atoms with Crippen molar-refractivity contribution in [2.45, 2.75) is 13.8 Å². The van der Waals surface area contributed by atoms with Crippen molar-refractivity contribution in [2.24, 2.45) is 0 Å². The maximum Gasteiger partial charge on any atom is 0.355 e. The fraction of sp³-hybridized carbons (Fsp3) is 0.154. The Morgan fingerprint density at radius 1 is 1.11 bits per heavy atom. The van der Waals surface area contributed by atoms with Crippen LogP contribution in [0.1, 0.15) is 32.0 Å². The summed E-state index contributed by atoms with van der Waals surface area (Å²) in [6, 6.07) is 4.94. The Morgan fingerprint density at radius 3 is 2.33 bits per heavy atom. The van der Waals surface area contributed by atoms with Crippen molar-refractivity contribution in [3.8, 4) is 0 Å². The van der Waals surface area contributed by atoms with Gasteiger partial charge in [-0.05, 0) is 31.0 Å². The molecule has 0 amide bonds. The predicted molar refractivity (Wildman–Crippen MR) is 65.1 cm³/mol. The maximum absolute atomic E-state index is 11.0.